The quantitative estimate of drug-likeness (QED) is 0.0456. The Morgan fingerprint density at radius 3 is 1.74 bits per heavy atom. The number of hydrogen-bond acceptors (Lipinski definition) is 8. The van der Waals surface area contributed by atoms with E-state index in [1.54, 1.807) is 13.8 Å². The van der Waals surface area contributed by atoms with E-state index < -0.39 is 54.0 Å². The van der Waals surface area contributed by atoms with E-state index in [2.05, 4.69) is 25.9 Å². The number of amides is 3. The van der Waals surface area contributed by atoms with Crippen LogP contribution in [0, 0.1) is 5.92 Å². The normalized spacial score (nSPS) is 15.5. The van der Waals surface area contributed by atoms with Crippen LogP contribution in [-0.2, 0) is 19.2 Å². The zero-order valence-electron chi connectivity index (χ0n) is 22.2. The maximum Gasteiger partial charge on any atom is 0.326 e. The van der Waals surface area contributed by atoms with Crippen LogP contribution < -0.4 is 44.6 Å². The number of aliphatic hydroxyl groups is 1. The fraction of sp³-hybridized carbons (Fsp3) is 0.727. The highest BCUT2D eigenvalue weighted by Gasteiger charge is 2.33. The molecule has 16 nitrogen and oxygen atoms in total. The molecular weight excluding hydrogens is 500 g/mol. The van der Waals surface area contributed by atoms with E-state index >= 15 is 0 Å². The number of carboxylic acid groups (broad SMARTS) is 1. The number of aliphatic carboxylic acids is 1. The zero-order chi connectivity index (χ0) is 29.4. The monoisotopic (exact) mass is 544 g/mol. The molecule has 0 saturated heterocycles. The number of aliphatic imine (C=N–C) groups is 2. The Labute approximate surface area is 222 Å². The third-order valence-electron chi connectivity index (χ3n) is 5.72. The summed E-state index contributed by atoms with van der Waals surface area (Å²) >= 11 is 0. The molecule has 0 aliphatic heterocycles. The number of nitrogens with zero attached hydrogens (tertiary/aromatic N) is 2. The summed E-state index contributed by atoms with van der Waals surface area (Å²) in [6.07, 6.45) is 0.0667. The topological polar surface area (TPSA) is 300 Å². The van der Waals surface area contributed by atoms with Crippen molar-refractivity contribution in [2.75, 3.05) is 13.1 Å². The molecule has 0 aromatic heterocycles. The lowest BCUT2D eigenvalue weighted by Gasteiger charge is -2.27. The zero-order valence-corrected chi connectivity index (χ0v) is 22.2. The van der Waals surface area contributed by atoms with Gasteiger partial charge in [-0.15, -0.1) is 0 Å². The van der Waals surface area contributed by atoms with Crippen LogP contribution in [0.25, 0.3) is 0 Å². The maximum atomic E-state index is 13.0. The molecule has 0 aromatic rings. The fourth-order valence-corrected chi connectivity index (χ4v) is 3.29. The van der Waals surface area contributed by atoms with E-state index in [0.717, 1.165) is 0 Å². The summed E-state index contributed by atoms with van der Waals surface area (Å²) in [6.45, 7) is 5.15. The molecule has 0 aliphatic carbocycles. The number of rotatable bonds is 18. The summed E-state index contributed by atoms with van der Waals surface area (Å²) in [5.41, 5.74) is 27.0. The van der Waals surface area contributed by atoms with E-state index in [-0.39, 0.29) is 50.2 Å². The molecule has 38 heavy (non-hydrogen) atoms. The molecule has 0 radical (unpaired) electrons. The molecule has 6 unspecified atom stereocenters. The van der Waals surface area contributed by atoms with E-state index in [9.17, 15) is 29.4 Å². The van der Waals surface area contributed by atoms with Crippen molar-refractivity contribution >= 4 is 35.6 Å². The van der Waals surface area contributed by atoms with Crippen LogP contribution in [0.15, 0.2) is 9.98 Å². The Bertz CT molecular complexity index is 842. The van der Waals surface area contributed by atoms with Gasteiger partial charge in [-0.3, -0.25) is 24.4 Å². The molecule has 0 fully saturated rings. The third kappa shape index (κ3) is 13.6. The molecule has 15 N–H and O–H groups in total. The number of hydrogen-bond donors (Lipinski definition) is 10. The fourth-order valence-electron chi connectivity index (χ4n) is 3.29. The van der Waals surface area contributed by atoms with Gasteiger partial charge in [0.15, 0.2) is 11.9 Å². The lowest BCUT2D eigenvalue weighted by atomic mass is 9.98. The number of carboxylic acids is 1. The summed E-state index contributed by atoms with van der Waals surface area (Å²) in [4.78, 5) is 57.8. The number of nitrogens with one attached hydrogen (secondary N) is 3. The van der Waals surface area contributed by atoms with E-state index in [1.807, 2.05) is 0 Å². The predicted octanol–water partition coefficient (Wildman–Crippen LogP) is -3.61. The summed E-state index contributed by atoms with van der Waals surface area (Å²) in [6, 6.07) is -4.84. The number of guanidine groups is 2. The number of nitrogens with two attached hydrogens (primary N) is 5. The number of carbonyl (C=O) groups excluding carboxylic acids is 3. The molecule has 0 spiro atoms. The smallest absolute Gasteiger partial charge is 0.326 e. The van der Waals surface area contributed by atoms with Gasteiger partial charge in [0.2, 0.25) is 17.7 Å². The van der Waals surface area contributed by atoms with E-state index in [1.165, 1.54) is 6.92 Å². The van der Waals surface area contributed by atoms with Crippen LogP contribution in [0.3, 0.4) is 0 Å². The molecule has 0 rings (SSSR count). The van der Waals surface area contributed by atoms with Gasteiger partial charge in [0.1, 0.15) is 18.1 Å². The standard InChI is InChI=1S/C22H44N10O6/c1-4-11(2)15(20(37)38)31-18(35)14(8-6-10-29-22(26)27)30-19(36)16(12(3)33)32-17(34)13(23)7-5-9-28-21(24)25/h11-16,33H,4-10,23H2,1-3H3,(H,30,36)(H,31,35)(H,32,34)(H,37,38)(H4,24,25,28)(H4,26,27,29). The Kier molecular flexibility index (Phi) is 16.0. The predicted molar refractivity (Wildman–Crippen MR) is 142 cm³/mol. The van der Waals surface area contributed by atoms with Crippen LogP contribution in [-0.4, -0.2) is 89.2 Å². The highest BCUT2D eigenvalue weighted by Crippen LogP contribution is 2.10. The van der Waals surface area contributed by atoms with Gasteiger partial charge in [-0.2, -0.15) is 0 Å². The van der Waals surface area contributed by atoms with Gasteiger partial charge in [-0.05, 0) is 38.5 Å². The molecular formula is C22H44N10O6. The van der Waals surface area contributed by atoms with Crippen molar-refractivity contribution in [2.24, 2.45) is 44.6 Å². The summed E-state index contributed by atoms with van der Waals surface area (Å²) in [5, 5.41) is 27.0. The van der Waals surface area contributed by atoms with Gasteiger partial charge in [0.25, 0.3) is 0 Å². The molecule has 0 aromatic carbocycles. The van der Waals surface area contributed by atoms with Crippen molar-refractivity contribution in [3.63, 3.8) is 0 Å². The molecule has 0 aliphatic rings. The minimum atomic E-state index is -1.44. The highest BCUT2D eigenvalue weighted by molar-refractivity contribution is 5.94. The van der Waals surface area contributed by atoms with Crippen molar-refractivity contribution in [1.29, 1.82) is 0 Å². The van der Waals surface area contributed by atoms with Crippen LogP contribution in [0.1, 0.15) is 52.9 Å². The van der Waals surface area contributed by atoms with Crippen LogP contribution >= 0.6 is 0 Å². The lowest BCUT2D eigenvalue weighted by Crippen LogP contribution is -2.60. The summed E-state index contributed by atoms with van der Waals surface area (Å²) in [7, 11) is 0. The van der Waals surface area contributed by atoms with Gasteiger partial charge < -0.3 is 54.8 Å². The Morgan fingerprint density at radius 1 is 0.789 bits per heavy atom. The van der Waals surface area contributed by atoms with Crippen molar-refractivity contribution in [3.8, 4) is 0 Å². The Hall–Kier alpha value is -3.66. The third-order valence-corrected chi connectivity index (χ3v) is 5.72. The van der Waals surface area contributed by atoms with Gasteiger partial charge in [0.05, 0.1) is 12.1 Å². The second-order valence-corrected chi connectivity index (χ2v) is 9.00. The molecule has 218 valence electrons. The average Bonchev–Trinajstić information content (AvgIpc) is 2.83. The van der Waals surface area contributed by atoms with Crippen LogP contribution in [0.5, 0.6) is 0 Å². The van der Waals surface area contributed by atoms with Gasteiger partial charge >= 0.3 is 5.97 Å². The van der Waals surface area contributed by atoms with E-state index in [4.69, 9.17) is 28.7 Å². The second-order valence-electron chi connectivity index (χ2n) is 9.00. The number of carbonyl (C=O) groups is 4. The van der Waals surface area contributed by atoms with Crippen LogP contribution in [0.4, 0.5) is 0 Å². The van der Waals surface area contributed by atoms with Crippen molar-refractivity contribution in [3.05, 3.63) is 0 Å². The van der Waals surface area contributed by atoms with Gasteiger partial charge in [-0.1, -0.05) is 20.3 Å². The highest BCUT2D eigenvalue weighted by atomic mass is 16.4. The summed E-state index contributed by atoms with van der Waals surface area (Å²) in [5.74, 6) is -4.16. The van der Waals surface area contributed by atoms with Gasteiger partial charge in [0, 0.05) is 13.1 Å². The maximum absolute atomic E-state index is 13.0. The van der Waals surface area contributed by atoms with Crippen molar-refractivity contribution in [1.82, 2.24) is 16.0 Å². The SMILES string of the molecule is CCC(C)C(NC(=O)C(CCCN=C(N)N)NC(=O)C(NC(=O)C(N)CCCN=C(N)N)C(C)O)C(=O)O. The molecule has 3 amide bonds. The minimum absolute atomic E-state index is 0.0476. The van der Waals surface area contributed by atoms with Crippen molar-refractivity contribution in [2.45, 2.75) is 83.1 Å². The van der Waals surface area contributed by atoms with Crippen LogP contribution in [0.2, 0.25) is 0 Å². The van der Waals surface area contributed by atoms with E-state index in [0.29, 0.717) is 12.8 Å². The lowest BCUT2D eigenvalue weighted by molar-refractivity contribution is -0.144. The van der Waals surface area contributed by atoms with Gasteiger partial charge in [-0.25, -0.2) is 4.79 Å². The van der Waals surface area contributed by atoms with Crippen molar-refractivity contribution < 1.29 is 29.4 Å². The second kappa shape index (κ2) is 17.7. The minimum Gasteiger partial charge on any atom is -0.480 e. The largest absolute Gasteiger partial charge is 0.480 e. The average molecular weight is 545 g/mol. The first-order chi connectivity index (χ1) is 17.7. The first kappa shape index (κ1) is 34.3. The Morgan fingerprint density at radius 2 is 1.29 bits per heavy atom. The number of aliphatic hydroxyl groups excluding tert-OH is 1. The molecule has 0 saturated carbocycles. The summed E-state index contributed by atoms with van der Waals surface area (Å²) < 4.78 is 0. The molecule has 16 heteroatoms. The molecule has 0 bridgehead atoms. The first-order valence-corrected chi connectivity index (χ1v) is 12.4. The first-order valence-electron chi connectivity index (χ1n) is 12.4. The Balaban J connectivity index is 5.51. The molecule has 6 atom stereocenters. The molecule has 0 heterocycles.